The average molecular weight is 261 g/mol. The summed E-state index contributed by atoms with van der Waals surface area (Å²) in [5.41, 5.74) is 2.63. The van der Waals surface area contributed by atoms with Crippen LogP contribution in [0.3, 0.4) is 0 Å². The molecule has 3 nitrogen and oxygen atoms in total. The van der Waals surface area contributed by atoms with Gasteiger partial charge in [0.05, 0.1) is 0 Å². The van der Waals surface area contributed by atoms with E-state index in [1.807, 2.05) is 0 Å². The molecule has 1 N–H and O–H groups in total. The predicted molar refractivity (Wildman–Crippen MR) is 82.7 cm³/mol. The van der Waals surface area contributed by atoms with Crippen LogP contribution in [0.4, 0.5) is 5.69 Å². The van der Waals surface area contributed by atoms with Crippen molar-refractivity contribution < 1.29 is 0 Å². The number of anilines is 1. The monoisotopic (exact) mass is 261 g/mol. The maximum absolute atomic E-state index is 3.70. The van der Waals surface area contributed by atoms with E-state index in [4.69, 9.17) is 0 Å². The van der Waals surface area contributed by atoms with Gasteiger partial charge >= 0.3 is 0 Å². The second kappa shape index (κ2) is 6.40. The van der Waals surface area contributed by atoms with Gasteiger partial charge in [-0.05, 0) is 51.1 Å². The molecule has 1 fully saturated rings. The first-order valence-corrected chi connectivity index (χ1v) is 7.26. The minimum Gasteiger partial charge on any atom is -0.378 e. The molecule has 1 aromatic carbocycles. The van der Waals surface area contributed by atoms with Crippen LogP contribution in [0.15, 0.2) is 24.3 Å². The topological polar surface area (TPSA) is 18.5 Å². The summed E-state index contributed by atoms with van der Waals surface area (Å²) in [6.45, 7) is 4.51. The summed E-state index contributed by atoms with van der Waals surface area (Å²) >= 11 is 0. The highest BCUT2D eigenvalue weighted by Gasteiger charge is 2.21. The van der Waals surface area contributed by atoms with Crippen LogP contribution in [-0.4, -0.2) is 44.7 Å². The van der Waals surface area contributed by atoms with E-state index in [9.17, 15) is 0 Å². The van der Waals surface area contributed by atoms with Crippen molar-refractivity contribution in [2.45, 2.75) is 38.4 Å². The van der Waals surface area contributed by atoms with Crippen LogP contribution < -0.4 is 10.2 Å². The van der Waals surface area contributed by atoms with E-state index in [2.05, 4.69) is 67.4 Å². The lowest BCUT2D eigenvalue weighted by Gasteiger charge is -2.35. The molecule has 0 aromatic heterocycles. The third kappa shape index (κ3) is 3.95. The van der Waals surface area contributed by atoms with Crippen molar-refractivity contribution in [1.82, 2.24) is 10.2 Å². The first kappa shape index (κ1) is 14.4. The Balaban J connectivity index is 1.82. The van der Waals surface area contributed by atoms with E-state index in [1.54, 1.807) is 0 Å². The largest absolute Gasteiger partial charge is 0.378 e. The van der Waals surface area contributed by atoms with Gasteiger partial charge in [-0.15, -0.1) is 0 Å². The molecule has 0 amide bonds. The number of benzene rings is 1. The Labute approximate surface area is 117 Å². The molecule has 0 bridgehead atoms. The van der Waals surface area contributed by atoms with E-state index in [-0.39, 0.29) is 0 Å². The fraction of sp³-hybridized carbons (Fsp3) is 0.625. The Morgan fingerprint density at radius 3 is 2.53 bits per heavy atom. The van der Waals surface area contributed by atoms with Gasteiger partial charge < -0.3 is 15.1 Å². The minimum absolute atomic E-state index is 0.666. The smallest absolute Gasteiger partial charge is 0.0361 e. The molecule has 1 aromatic rings. The third-order valence-electron chi connectivity index (χ3n) is 4.26. The molecular weight excluding hydrogens is 234 g/mol. The van der Waals surface area contributed by atoms with E-state index in [0.717, 1.165) is 6.54 Å². The number of nitrogens with one attached hydrogen (secondary N) is 1. The van der Waals surface area contributed by atoms with Gasteiger partial charge in [-0.1, -0.05) is 12.1 Å². The number of piperidine rings is 1. The van der Waals surface area contributed by atoms with Gasteiger partial charge in [0.15, 0.2) is 0 Å². The Morgan fingerprint density at radius 2 is 1.95 bits per heavy atom. The first-order valence-electron chi connectivity index (χ1n) is 7.26. The first-order chi connectivity index (χ1) is 9.06. The number of nitrogens with zero attached hydrogens (tertiary/aromatic N) is 2. The molecular formula is C16H27N3. The summed E-state index contributed by atoms with van der Waals surface area (Å²) < 4.78 is 0. The van der Waals surface area contributed by atoms with Crippen molar-refractivity contribution >= 4 is 5.69 Å². The van der Waals surface area contributed by atoms with E-state index >= 15 is 0 Å². The number of likely N-dealkylation sites (tertiary alicyclic amines) is 1. The summed E-state index contributed by atoms with van der Waals surface area (Å²) in [6.07, 6.45) is 2.52. The third-order valence-corrected chi connectivity index (χ3v) is 4.26. The molecule has 2 unspecified atom stereocenters. The predicted octanol–water partition coefficient (Wildman–Crippen LogP) is 2.32. The molecule has 2 atom stereocenters. The normalized spacial score (nSPS) is 24.4. The van der Waals surface area contributed by atoms with Crippen LogP contribution >= 0.6 is 0 Å². The van der Waals surface area contributed by atoms with Gasteiger partial charge in [-0.2, -0.15) is 0 Å². The van der Waals surface area contributed by atoms with Crippen LogP contribution in [0.2, 0.25) is 0 Å². The molecule has 1 aliphatic heterocycles. The minimum atomic E-state index is 0.666. The Bertz CT molecular complexity index is 385. The standard InChI is InChI=1S/C16H27N3/c1-13-11-15(9-10-19(13)4)17-12-14-5-7-16(8-6-14)18(2)3/h5-8,13,15,17H,9-12H2,1-4H3. The van der Waals surface area contributed by atoms with Crippen LogP contribution in [-0.2, 0) is 6.54 Å². The van der Waals surface area contributed by atoms with Crippen LogP contribution in [0.25, 0.3) is 0 Å². The van der Waals surface area contributed by atoms with Gasteiger partial charge in [0.2, 0.25) is 0 Å². The number of hydrogen-bond donors (Lipinski definition) is 1. The Morgan fingerprint density at radius 1 is 1.26 bits per heavy atom. The molecule has 19 heavy (non-hydrogen) atoms. The lowest BCUT2D eigenvalue weighted by molar-refractivity contribution is 0.168. The molecule has 1 heterocycles. The second-order valence-electron chi connectivity index (χ2n) is 5.99. The highest BCUT2D eigenvalue weighted by Crippen LogP contribution is 2.16. The van der Waals surface area contributed by atoms with Gasteiger partial charge in [0.1, 0.15) is 0 Å². The summed E-state index contributed by atoms with van der Waals surface area (Å²) in [5, 5.41) is 3.70. The average Bonchev–Trinajstić information content (AvgIpc) is 2.40. The molecule has 0 saturated carbocycles. The molecule has 0 radical (unpaired) electrons. The quantitative estimate of drug-likeness (QED) is 0.897. The summed E-state index contributed by atoms with van der Waals surface area (Å²) in [4.78, 5) is 4.58. The molecule has 0 spiro atoms. The van der Waals surface area contributed by atoms with Gasteiger partial charge in [-0.3, -0.25) is 0 Å². The van der Waals surface area contributed by atoms with Crippen molar-refractivity contribution in [2.24, 2.45) is 0 Å². The molecule has 1 aliphatic rings. The van der Waals surface area contributed by atoms with Crippen molar-refractivity contribution in [3.63, 3.8) is 0 Å². The summed E-state index contributed by atoms with van der Waals surface area (Å²) in [6, 6.07) is 10.2. The molecule has 106 valence electrons. The number of rotatable bonds is 4. The summed E-state index contributed by atoms with van der Waals surface area (Å²) in [7, 11) is 6.38. The van der Waals surface area contributed by atoms with Crippen molar-refractivity contribution in [3.05, 3.63) is 29.8 Å². The van der Waals surface area contributed by atoms with E-state index in [0.29, 0.717) is 12.1 Å². The van der Waals surface area contributed by atoms with Crippen LogP contribution in [0.1, 0.15) is 25.3 Å². The molecule has 2 rings (SSSR count). The van der Waals surface area contributed by atoms with E-state index < -0.39 is 0 Å². The van der Waals surface area contributed by atoms with Crippen molar-refractivity contribution in [1.29, 1.82) is 0 Å². The summed E-state index contributed by atoms with van der Waals surface area (Å²) in [5.74, 6) is 0. The SMILES string of the molecule is CC1CC(NCc2ccc(N(C)C)cc2)CCN1C. The van der Waals surface area contributed by atoms with Gasteiger partial charge in [0, 0.05) is 38.4 Å². The lowest BCUT2D eigenvalue weighted by Crippen LogP contribution is -2.45. The lowest BCUT2D eigenvalue weighted by atomic mass is 9.99. The highest BCUT2D eigenvalue weighted by molar-refractivity contribution is 5.45. The maximum atomic E-state index is 3.70. The maximum Gasteiger partial charge on any atom is 0.0361 e. The van der Waals surface area contributed by atoms with E-state index in [1.165, 1.54) is 30.6 Å². The Hall–Kier alpha value is -1.06. The number of hydrogen-bond acceptors (Lipinski definition) is 3. The Kier molecular flexibility index (Phi) is 4.83. The van der Waals surface area contributed by atoms with Crippen molar-refractivity contribution in [3.8, 4) is 0 Å². The van der Waals surface area contributed by atoms with Crippen LogP contribution in [0.5, 0.6) is 0 Å². The van der Waals surface area contributed by atoms with Gasteiger partial charge in [-0.25, -0.2) is 0 Å². The zero-order chi connectivity index (χ0) is 13.8. The zero-order valence-corrected chi connectivity index (χ0v) is 12.7. The van der Waals surface area contributed by atoms with Gasteiger partial charge in [0.25, 0.3) is 0 Å². The fourth-order valence-corrected chi connectivity index (χ4v) is 2.65. The highest BCUT2D eigenvalue weighted by atomic mass is 15.1. The molecule has 3 heteroatoms. The van der Waals surface area contributed by atoms with Crippen molar-refractivity contribution in [2.75, 3.05) is 32.6 Å². The second-order valence-corrected chi connectivity index (χ2v) is 5.99. The zero-order valence-electron chi connectivity index (χ0n) is 12.7. The molecule has 0 aliphatic carbocycles. The molecule has 1 saturated heterocycles. The fourth-order valence-electron chi connectivity index (χ4n) is 2.65. The van der Waals surface area contributed by atoms with Crippen LogP contribution in [0, 0.1) is 0 Å².